The van der Waals surface area contributed by atoms with Crippen LogP contribution in [0.25, 0.3) is 0 Å². The number of methoxy groups -OCH3 is 2. The molecule has 0 fully saturated rings. The van der Waals surface area contributed by atoms with E-state index in [1.807, 2.05) is 35.7 Å². The summed E-state index contributed by atoms with van der Waals surface area (Å²) >= 11 is 2.78. The number of thiophene rings is 1. The summed E-state index contributed by atoms with van der Waals surface area (Å²) in [7, 11) is 4.89. The third-order valence-electron chi connectivity index (χ3n) is 6.54. The van der Waals surface area contributed by atoms with Crippen LogP contribution in [0, 0.1) is 5.82 Å². The summed E-state index contributed by atoms with van der Waals surface area (Å²) in [6.07, 6.45) is 0.524. The summed E-state index contributed by atoms with van der Waals surface area (Å²) < 4.78 is 26.8. The average Bonchev–Trinajstić information content (AvgIpc) is 3.75. The number of nitrogens with zero attached hydrogens (tertiary/aromatic N) is 5. The van der Waals surface area contributed by atoms with Gasteiger partial charge in [-0.25, -0.2) is 9.40 Å². The highest BCUT2D eigenvalue weighted by Gasteiger charge is 2.36. The minimum absolute atomic E-state index is 0.0451. The zero-order valence-electron chi connectivity index (χ0n) is 22.5. The predicted molar refractivity (Wildman–Crippen MR) is 154 cm³/mol. The van der Waals surface area contributed by atoms with Crippen LogP contribution in [0.2, 0.25) is 0 Å². The van der Waals surface area contributed by atoms with Gasteiger partial charge in [0.15, 0.2) is 22.5 Å². The van der Waals surface area contributed by atoms with E-state index in [-0.39, 0.29) is 29.8 Å². The van der Waals surface area contributed by atoms with E-state index < -0.39 is 11.7 Å². The van der Waals surface area contributed by atoms with Gasteiger partial charge in [0.25, 0.3) is 11.8 Å². The molecule has 0 radical (unpaired) electrons. The Balaban J connectivity index is 1.30. The monoisotopic (exact) mass is 594 g/mol. The van der Waals surface area contributed by atoms with Gasteiger partial charge < -0.3 is 19.4 Å². The van der Waals surface area contributed by atoms with E-state index in [2.05, 4.69) is 15.5 Å². The Kier molecular flexibility index (Phi) is 8.64. The van der Waals surface area contributed by atoms with E-state index in [1.165, 1.54) is 35.0 Å². The number of ether oxygens (including phenoxy) is 2. The molecule has 0 bridgehead atoms. The van der Waals surface area contributed by atoms with Crippen LogP contribution >= 0.6 is 23.1 Å². The maximum absolute atomic E-state index is 13.9. The molecule has 0 aliphatic carbocycles. The number of carbonyl (C=O) groups excluding carboxylic acids is 2. The van der Waals surface area contributed by atoms with Gasteiger partial charge in [-0.1, -0.05) is 42.1 Å². The van der Waals surface area contributed by atoms with E-state index in [0.29, 0.717) is 28.9 Å². The number of rotatable bonds is 10. The van der Waals surface area contributed by atoms with E-state index in [1.54, 1.807) is 43.2 Å². The number of nitrogens with one attached hydrogen (secondary N) is 1. The van der Waals surface area contributed by atoms with Crippen LogP contribution in [-0.2, 0) is 18.4 Å². The first-order valence-electron chi connectivity index (χ1n) is 12.6. The fraction of sp³-hybridized carbons (Fsp3) is 0.250. The van der Waals surface area contributed by atoms with Crippen molar-refractivity contribution in [1.82, 2.24) is 25.1 Å². The van der Waals surface area contributed by atoms with Crippen molar-refractivity contribution in [3.8, 4) is 11.5 Å². The summed E-state index contributed by atoms with van der Waals surface area (Å²) in [4.78, 5) is 26.9. The van der Waals surface area contributed by atoms with Crippen molar-refractivity contribution >= 4 is 40.6 Å². The quantitative estimate of drug-likeness (QED) is 0.271. The molecule has 1 N–H and O–H groups in total. The molecule has 0 unspecified atom stereocenters. The van der Waals surface area contributed by atoms with Gasteiger partial charge in [-0.05, 0) is 29.6 Å². The molecule has 1 atom stereocenters. The molecule has 2 amide bonds. The highest BCUT2D eigenvalue weighted by Crippen LogP contribution is 2.42. The lowest BCUT2D eigenvalue weighted by Crippen LogP contribution is -2.29. The predicted octanol–water partition coefficient (Wildman–Crippen LogP) is 4.43. The van der Waals surface area contributed by atoms with Gasteiger partial charge in [0.05, 0.1) is 48.7 Å². The van der Waals surface area contributed by atoms with Gasteiger partial charge in [0.1, 0.15) is 5.82 Å². The topological polar surface area (TPSA) is 111 Å². The molecule has 0 saturated heterocycles. The third kappa shape index (κ3) is 5.95. The van der Waals surface area contributed by atoms with Gasteiger partial charge in [0, 0.05) is 19.0 Å². The Bertz CT molecular complexity index is 1590. The number of carbonyl (C=O) groups is 2. The zero-order chi connectivity index (χ0) is 28.9. The van der Waals surface area contributed by atoms with E-state index in [4.69, 9.17) is 14.6 Å². The molecule has 41 heavy (non-hydrogen) atoms. The number of hydrogen-bond donors (Lipinski definition) is 1. The van der Waals surface area contributed by atoms with Crippen molar-refractivity contribution in [1.29, 1.82) is 0 Å². The second-order valence-corrected chi connectivity index (χ2v) is 10.9. The van der Waals surface area contributed by atoms with Gasteiger partial charge in [0.2, 0.25) is 0 Å². The third-order valence-corrected chi connectivity index (χ3v) is 8.46. The van der Waals surface area contributed by atoms with Crippen molar-refractivity contribution < 1.29 is 23.5 Å². The lowest BCUT2D eigenvalue weighted by atomic mass is 9.99. The smallest absolute Gasteiger partial charge is 0.254 e. The normalized spacial score (nSPS) is 14.6. The molecule has 13 heteroatoms. The fourth-order valence-electron chi connectivity index (χ4n) is 4.47. The molecule has 1 aliphatic heterocycles. The van der Waals surface area contributed by atoms with Gasteiger partial charge in [-0.15, -0.1) is 21.5 Å². The summed E-state index contributed by atoms with van der Waals surface area (Å²) in [6.45, 7) is 0.0451. The Morgan fingerprint density at radius 1 is 1.10 bits per heavy atom. The Labute approximate surface area is 244 Å². The van der Waals surface area contributed by atoms with Crippen LogP contribution in [-0.4, -0.2) is 57.3 Å². The molecule has 1 aliphatic rings. The van der Waals surface area contributed by atoms with Crippen LogP contribution in [0.1, 0.15) is 39.1 Å². The minimum Gasteiger partial charge on any atom is -0.493 e. The Morgan fingerprint density at radius 2 is 1.93 bits per heavy atom. The first-order valence-corrected chi connectivity index (χ1v) is 14.5. The number of hydrazone groups is 1. The van der Waals surface area contributed by atoms with Gasteiger partial charge in [-0.3, -0.25) is 9.59 Å². The molecular formula is C28H27FN6O4S2. The highest BCUT2D eigenvalue weighted by atomic mass is 32.2. The average molecular weight is 595 g/mol. The maximum atomic E-state index is 13.9. The van der Waals surface area contributed by atoms with Crippen LogP contribution in [0.5, 0.6) is 11.5 Å². The first-order chi connectivity index (χ1) is 19.9. The zero-order valence-corrected chi connectivity index (χ0v) is 24.2. The summed E-state index contributed by atoms with van der Waals surface area (Å²) in [6, 6.07) is 14.9. The second kappa shape index (κ2) is 12.5. The number of benzene rings is 2. The fourth-order valence-corrected chi connectivity index (χ4v) is 5.97. The standard InChI is InChI=1S/C28H27FN6O4S2/c1-34-24(15-30-27(37)17-8-4-5-10-19(17)29)31-32-28(34)41-16-25(36)35-21(14-20(33-35)23-12-7-13-40-23)18-9-6-11-22(38-2)26(18)39-3/h4-13,21H,14-16H2,1-3H3,(H,30,37)/t21-/m1/s1. The molecule has 212 valence electrons. The Morgan fingerprint density at radius 3 is 2.66 bits per heavy atom. The number of para-hydroxylation sites is 1. The van der Waals surface area contributed by atoms with E-state index in [0.717, 1.165) is 16.2 Å². The number of thioether (sulfide) groups is 1. The number of halogens is 1. The largest absolute Gasteiger partial charge is 0.493 e. The molecule has 4 aromatic rings. The first kappa shape index (κ1) is 28.3. The van der Waals surface area contributed by atoms with Crippen molar-refractivity contribution in [2.24, 2.45) is 12.1 Å². The molecule has 3 heterocycles. The van der Waals surface area contributed by atoms with Crippen molar-refractivity contribution in [2.45, 2.75) is 24.2 Å². The molecule has 10 nitrogen and oxygen atoms in total. The SMILES string of the molecule is COc1cccc([C@H]2CC(c3cccs3)=NN2C(=O)CSc2nnc(CNC(=O)c3ccccc3F)n2C)c1OC. The highest BCUT2D eigenvalue weighted by molar-refractivity contribution is 7.99. The summed E-state index contributed by atoms with van der Waals surface area (Å²) in [5.74, 6) is 0.278. The molecule has 2 aromatic carbocycles. The van der Waals surface area contributed by atoms with Crippen LogP contribution in [0.3, 0.4) is 0 Å². The summed E-state index contributed by atoms with van der Waals surface area (Å²) in [5, 5.41) is 19.7. The molecule has 0 saturated carbocycles. The van der Waals surface area contributed by atoms with Crippen molar-refractivity contribution in [2.75, 3.05) is 20.0 Å². The lowest BCUT2D eigenvalue weighted by molar-refractivity contribution is -0.130. The number of aromatic nitrogens is 3. The van der Waals surface area contributed by atoms with E-state index >= 15 is 0 Å². The summed E-state index contributed by atoms with van der Waals surface area (Å²) in [5.41, 5.74) is 1.57. The van der Waals surface area contributed by atoms with Crippen molar-refractivity contribution in [3.05, 3.63) is 87.6 Å². The van der Waals surface area contributed by atoms with E-state index in [9.17, 15) is 14.0 Å². The van der Waals surface area contributed by atoms with Crippen LogP contribution < -0.4 is 14.8 Å². The van der Waals surface area contributed by atoms with Gasteiger partial charge in [-0.2, -0.15) is 5.10 Å². The number of amides is 2. The number of hydrogen-bond acceptors (Lipinski definition) is 9. The maximum Gasteiger partial charge on any atom is 0.254 e. The molecule has 5 rings (SSSR count). The van der Waals surface area contributed by atoms with Crippen LogP contribution in [0.4, 0.5) is 4.39 Å². The Hall–Kier alpha value is -4.23. The minimum atomic E-state index is -0.602. The van der Waals surface area contributed by atoms with Crippen LogP contribution in [0.15, 0.2) is 70.2 Å². The van der Waals surface area contributed by atoms with Gasteiger partial charge >= 0.3 is 0 Å². The lowest BCUT2D eigenvalue weighted by Gasteiger charge is -2.24. The second-order valence-electron chi connectivity index (χ2n) is 8.97. The van der Waals surface area contributed by atoms with Crippen molar-refractivity contribution in [3.63, 3.8) is 0 Å². The molecular weight excluding hydrogens is 567 g/mol. The molecule has 0 spiro atoms. The molecule has 2 aromatic heterocycles.